The zero-order valence-electron chi connectivity index (χ0n) is 11.5. The van der Waals surface area contributed by atoms with E-state index >= 15 is 0 Å². The van der Waals surface area contributed by atoms with Crippen LogP contribution < -0.4 is 5.73 Å². The Kier molecular flexibility index (Phi) is 4.79. The summed E-state index contributed by atoms with van der Waals surface area (Å²) in [7, 11) is 0. The molecular formula is C14H28N2S. The Morgan fingerprint density at radius 2 is 1.82 bits per heavy atom. The third-order valence-electron chi connectivity index (χ3n) is 4.96. The first-order valence-electron chi connectivity index (χ1n) is 7.21. The third-order valence-corrected chi connectivity index (χ3v) is 5.94. The van der Waals surface area contributed by atoms with E-state index in [-0.39, 0.29) is 0 Å². The molecule has 2 heterocycles. The normalized spacial score (nSPS) is 27.5. The molecule has 0 aromatic heterocycles. The van der Waals surface area contributed by atoms with Crippen LogP contribution in [0.5, 0.6) is 0 Å². The third kappa shape index (κ3) is 2.99. The Bertz CT molecular complexity index is 228. The van der Waals surface area contributed by atoms with E-state index in [0.717, 1.165) is 18.4 Å². The first-order valence-corrected chi connectivity index (χ1v) is 8.36. The van der Waals surface area contributed by atoms with Crippen molar-refractivity contribution in [3.05, 3.63) is 0 Å². The van der Waals surface area contributed by atoms with Crippen LogP contribution in [0, 0.1) is 11.8 Å². The largest absolute Gasteiger partial charge is 0.329 e. The molecule has 0 aromatic carbocycles. The zero-order valence-corrected chi connectivity index (χ0v) is 12.3. The Morgan fingerprint density at radius 3 is 2.29 bits per heavy atom. The maximum Gasteiger partial charge on any atom is 0.0347 e. The molecule has 2 aliphatic heterocycles. The minimum absolute atomic E-state index is 0.354. The van der Waals surface area contributed by atoms with Crippen LogP contribution in [0.1, 0.15) is 39.5 Å². The second kappa shape index (κ2) is 5.94. The minimum atomic E-state index is 0.354. The van der Waals surface area contributed by atoms with Gasteiger partial charge >= 0.3 is 0 Å². The van der Waals surface area contributed by atoms with Gasteiger partial charge in [-0.2, -0.15) is 11.8 Å². The number of thioether (sulfide) groups is 1. The summed E-state index contributed by atoms with van der Waals surface area (Å²) in [5, 5.41) is 0. The maximum atomic E-state index is 6.11. The van der Waals surface area contributed by atoms with Crippen molar-refractivity contribution in [3.8, 4) is 0 Å². The van der Waals surface area contributed by atoms with E-state index in [1.54, 1.807) is 0 Å². The average molecular weight is 256 g/mol. The lowest BCUT2D eigenvalue weighted by Gasteiger charge is -2.49. The molecule has 0 aromatic rings. The van der Waals surface area contributed by atoms with Gasteiger partial charge < -0.3 is 5.73 Å². The lowest BCUT2D eigenvalue weighted by atomic mass is 9.82. The molecule has 0 spiro atoms. The van der Waals surface area contributed by atoms with Gasteiger partial charge in [0.1, 0.15) is 0 Å². The summed E-state index contributed by atoms with van der Waals surface area (Å²) in [5.41, 5.74) is 6.47. The van der Waals surface area contributed by atoms with Crippen LogP contribution in [0.3, 0.4) is 0 Å². The highest BCUT2D eigenvalue weighted by Crippen LogP contribution is 2.35. The van der Waals surface area contributed by atoms with Gasteiger partial charge in [0, 0.05) is 12.1 Å². The molecule has 0 aliphatic carbocycles. The predicted molar refractivity (Wildman–Crippen MR) is 77.5 cm³/mol. The number of nitrogens with two attached hydrogens (primary N) is 1. The van der Waals surface area contributed by atoms with E-state index in [0.29, 0.717) is 5.54 Å². The SMILES string of the molecule is CC(C)C1CCN(C2(CN)CCSCC2)CC1. The van der Waals surface area contributed by atoms with Crippen LogP contribution in [-0.4, -0.2) is 41.6 Å². The number of piperidine rings is 1. The van der Waals surface area contributed by atoms with Gasteiger partial charge in [-0.1, -0.05) is 13.8 Å². The van der Waals surface area contributed by atoms with Crippen LogP contribution >= 0.6 is 11.8 Å². The second-order valence-corrected chi connectivity index (χ2v) is 7.33. The van der Waals surface area contributed by atoms with Crippen molar-refractivity contribution in [3.63, 3.8) is 0 Å². The fourth-order valence-corrected chi connectivity index (χ4v) is 4.69. The molecule has 17 heavy (non-hydrogen) atoms. The standard InChI is InChI=1S/C14H28N2S/c1-12(2)13-3-7-16(8-4-13)14(11-15)5-9-17-10-6-14/h12-13H,3-11,15H2,1-2H3. The Labute approximate surface area is 111 Å². The molecule has 0 amide bonds. The zero-order chi connectivity index (χ0) is 12.3. The smallest absolute Gasteiger partial charge is 0.0347 e. The van der Waals surface area contributed by atoms with Crippen LogP contribution in [0.2, 0.25) is 0 Å². The molecule has 0 unspecified atom stereocenters. The molecule has 100 valence electrons. The molecule has 2 nitrogen and oxygen atoms in total. The van der Waals surface area contributed by atoms with Gasteiger partial charge in [0.05, 0.1) is 0 Å². The lowest BCUT2D eigenvalue weighted by molar-refractivity contribution is 0.0396. The van der Waals surface area contributed by atoms with E-state index in [9.17, 15) is 0 Å². The monoisotopic (exact) mass is 256 g/mol. The van der Waals surface area contributed by atoms with Crippen LogP contribution in [0.25, 0.3) is 0 Å². The second-order valence-electron chi connectivity index (χ2n) is 6.11. The highest BCUT2D eigenvalue weighted by atomic mass is 32.2. The topological polar surface area (TPSA) is 29.3 Å². The minimum Gasteiger partial charge on any atom is -0.329 e. The Balaban J connectivity index is 1.93. The van der Waals surface area contributed by atoms with Crippen molar-refractivity contribution in [2.75, 3.05) is 31.1 Å². The molecule has 0 saturated carbocycles. The van der Waals surface area contributed by atoms with Gasteiger partial charge in [0.25, 0.3) is 0 Å². The van der Waals surface area contributed by atoms with Crippen molar-refractivity contribution in [1.29, 1.82) is 0 Å². The average Bonchev–Trinajstić information content (AvgIpc) is 2.39. The molecule has 2 N–H and O–H groups in total. The summed E-state index contributed by atoms with van der Waals surface area (Å²) in [6, 6.07) is 0. The molecule has 2 aliphatic rings. The van der Waals surface area contributed by atoms with E-state index in [1.807, 2.05) is 0 Å². The molecule has 0 atom stereocenters. The van der Waals surface area contributed by atoms with E-state index < -0.39 is 0 Å². The molecule has 2 rings (SSSR count). The molecule has 0 bridgehead atoms. The number of hydrogen-bond acceptors (Lipinski definition) is 3. The van der Waals surface area contributed by atoms with E-state index in [4.69, 9.17) is 5.73 Å². The lowest BCUT2D eigenvalue weighted by Crippen LogP contribution is -2.58. The van der Waals surface area contributed by atoms with E-state index in [1.165, 1.54) is 50.3 Å². The summed E-state index contributed by atoms with van der Waals surface area (Å²) in [4.78, 5) is 2.73. The molecule has 3 heteroatoms. The highest BCUT2D eigenvalue weighted by Gasteiger charge is 2.38. The summed E-state index contributed by atoms with van der Waals surface area (Å²) in [6.07, 6.45) is 5.38. The van der Waals surface area contributed by atoms with Gasteiger partial charge in [-0.25, -0.2) is 0 Å². The van der Waals surface area contributed by atoms with E-state index in [2.05, 4.69) is 30.5 Å². The maximum absolute atomic E-state index is 6.11. The molecule has 2 saturated heterocycles. The number of hydrogen-bond donors (Lipinski definition) is 1. The van der Waals surface area contributed by atoms with Gasteiger partial charge in [0.15, 0.2) is 0 Å². The van der Waals surface area contributed by atoms with Crippen LogP contribution in [-0.2, 0) is 0 Å². The fraction of sp³-hybridized carbons (Fsp3) is 1.00. The summed E-state index contributed by atoms with van der Waals surface area (Å²) in [5.74, 6) is 4.41. The summed E-state index contributed by atoms with van der Waals surface area (Å²) in [6.45, 7) is 8.17. The quantitative estimate of drug-likeness (QED) is 0.841. The van der Waals surface area contributed by atoms with Gasteiger partial charge in [-0.05, 0) is 62.1 Å². The highest BCUT2D eigenvalue weighted by molar-refractivity contribution is 7.99. The van der Waals surface area contributed by atoms with Crippen molar-refractivity contribution < 1.29 is 0 Å². The molecule has 2 fully saturated rings. The predicted octanol–water partition coefficient (Wildman–Crippen LogP) is 2.58. The summed E-state index contributed by atoms with van der Waals surface area (Å²) < 4.78 is 0. The van der Waals surface area contributed by atoms with Crippen LogP contribution in [0.15, 0.2) is 0 Å². The fourth-order valence-electron chi connectivity index (χ4n) is 3.44. The van der Waals surface area contributed by atoms with Crippen molar-refractivity contribution in [2.24, 2.45) is 17.6 Å². The van der Waals surface area contributed by atoms with Crippen molar-refractivity contribution >= 4 is 11.8 Å². The number of rotatable bonds is 3. The van der Waals surface area contributed by atoms with Gasteiger partial charge in [-0.15, -0.1) is 0 Å². The molecular weight excluding hydrogens is 228 g/mol. The first-order chi connectivity index (χ1) is 8.18. The first kappa shape index (κ1) is 13.7. The Hall–Kier alpha value is 0.270. The number of nitrogens with zero attached hydrogens (tertiary/aromatic N) is 1. The Morgan fingerprint density at radius 1 is 1.24 bits per heavy atom. The van der Waals surface area contributed by atoms with Gasteiger partial charge in [0.2, 0.25) is 0 Å². The van der Waals surface area contributed by atoms with Crippen LogP contribution in [0.4, 0.5) is 0 Å². The molecule has 0 radical (unpaired) electrons. The van der Waals surface area contributed by atoms with Crippen molar-refractivity contribution in [1.82, 2.24) is 4.90 Å². The van der Waals surface area contributed by atoms with Gasteiger partial charge in [-0.3, -0.25) is 4.90 Å². The number of likely N-dealkylation sites (tertiary alicyclic amines) is 1. The summed E-state index contributed by atoms with van der Waals surface area (Å²) >= 11 is 2.10. The van der Waals surface area contributed by atoms with Crippen molar-refractivity contribution in [2.45, 2.75) is 45.1 Å².